The maximum Gasteiger partial charge on any atom is 0.416 e. The lowest BCUT2D eigenvalue weighted by atomic mass is 10.0. The van der Waals surface area contributed by atoms with Gasteiger partial charge in [0.25, 0.3) is 0 Å². The maximum atomic E-state index is 13.9. The van der Waals surface area contributed by atoms with E-state index in [-0.39, 0.29) is 24.8 Å². The van der Waals surface area contributed by atoms with Crippen LogP contribution in [0.3, 0.4) is 0 Å². The Morgan fingerprint density at radius 2 is 1.53 bits per heavy atom. The van der Waals surface area contributed by atoms with Gasteiger partial charge in [0.05, 0.1) is 12.2 Å². The lowest BCUT2D eigenvalue weighted by Crippen LogP contribution is -2.51. The zero-order valence-electron chi connectivity index (χ0n) is 27.0. The number of halogens is 3. The second kappa shape index (κ2) is 16.3. The molecule has 1 aliphatic rings. The summed E-state index contributed by atoms with van der Waals surface area (Å²) in [6, 6.07) is 20.9. The van der Waals surface area contributed by atoms with E-state index in [0.717, 1.165) is 28.9 Å². The number of ether oxygens (including phenoxy) is 1. The van der Waals surface area contributed by atoms with Crippen molar-refractivity contribution in [3.8, 4) is 0 Å². The van der Waals surface area contributed by atoms with Crippen molar-refractivity contribution < 1.29 is 32.3 Å². The summed E-state index contributed by atoms with van der Waals surface area (Å²) in [4.78, 5) is 46.7. The lowest BCUT2D eigenvalue weighted by Gasteiger charge is -2.36. The van der Waals surface area contributed by atoms with Crippen LogP contribution in [0.15, 0.2) is 84.9 Å². The third-order valence-corrected chi connectivity index (χ3v) is 8.26. The summed E-state index contributed by atoms with van der Waals surface area (Å²) in [5.41, 5.74) is 2.31. The Hall–Kier alpha value is -4.64. The zero-order valence-corrected chi connectivity index (χ0v) is 27.0. The monoisotopic (exact) mass is 650 g/mol. The van der Waals surface area contributed by atoms with Crippen LogP contribution in [0.2, 0.25) is 0 Å². The number of alkyl halides is 3. The van der Waals surface area contributed by atoms with E-state index in [1.807, 2.05) is 59.5 Å². The van der Waals surface area contributed by atoms with Gasteiger partial charge in [-0.2, -0.15) is 13.2 Å². The number of methoxy groups -OCH3 is 1. The van der Waals surface area contributed by atoms with Crippen LogP contribution in [0.4, 0.5) is 18.9 Å². The maximum absolute atomic E-state index is 13.9. The molecule has 0 bridgehead atoms. The molecule has 3 aromatic carbocycles. The standard InChI is InChI=1S/C36H41F3N4O4/c1-27(44)41-19-21-42(22-20-41)32-16-11-30(12-17-32)26-43(34(45)18-13-28-9-14-31(15-10-28)36(37,38)39)33(25-29-7-5-4-6-8-29)35(46)40(2)23-24-47-3/h4-18,33H,19-26H2,1-3H3/b18-13+/t33-/m0/s1. The average molecular weight is 651 g/mol. The fourth-order valence-corrected chi connectivity index (χ4v) is 5.44. The molecule has 0 aromatic heterocycles. The average Bonchev–Trinajstić information content (AvgIpc) is 3.08. The van der Waals surface area contributed by atoms with E-state index in [0.29, 0.717) is 44.9 Å². The van der Waals surface area contributed by atoms with E-state index in [1.54, 1.807) is 26.0 Å². The third kappa shape index (κ3) is 9.92. The first-order valence-corrected chi connectivity index (χ1v) is 15.5. The highest BCUT2D eigenvalue weighted by Gasteiger charge is 2.32. The Bertz CT molecular complexity index is 1500. The topological polar surface area (TPSA) is 73.4 Å². The number of carbonyl (C=O) groups excluding carboxylic acids is 3. The molecule has 0 aliphatic carbocycles. The molecule has 1 saturated heterocycles. The van der Waals surface area contributed by atoms with Crippen molar-refractivity contribution in [3.05, 3.63) is 107 Å². The van der Waals surface area contributed by atoms with Gasteiger partial charge in [0.1, 0.15) is 6.04 Å². The minimum atomic E-state index is -4.47. The number of anilines is 1. The van der Waals surface area contributed by atoms with E-state index >= 15 is 0 Å². The van der Waals surface area contributed by atoms with Gasteiger partial charge in [0.15, 0.2) is 0 Å². The van der Waals surface area contributed by atoms with E-state index in [9.17, 15) is 27.6 Å². The largest absolute Gasteiger partial charge is 0.416 e. The van der Waals surface area contributed by atoms with E-state index in [4.69, 9.17) is 4.74 Å². The zero-order chi connectivity index (χ0) is 34.0. The van der Waals surface area contributed by atoms with E-state index < -0.39 is 23.7 Å². The Balaban J connectivity index is 1.63. The molecular weight excluding hydrogens is 609 g/mol. The van der Waals surface area contributed by atoms with Crippen LogP contribution >= 0.6 is 0 Å². The van der Waals surface area contributed by atoms with Crippen molar-refractivity contribution in [2.45, 2.75) is 32.1 Å². The molecule has 0 unspecified atom stereocenters. The summed E-state index contributed by atoms with van der Waals surface area (Å²) in [5, 5.41) is 0. The highest BCUT2D eigenvalue weighted by molar-refractivity contribution is 5.95. The van der Waals surface area contributed by atoms with Crippen molar-refractivity contribution in [2.24, 2.45) is 0 Å². The second-order valence-electron chi connectivity index (χ2n) is 11.5. The molecule has 0 N–H and O–H groups in total. The highest BCUT2D eigenvalue weighted by Crippen LogP contribution is 2.29. The van der Waals surface area contributed by atoms with Crippen LogP contribution in [0.1, 0.15) is 29.2 Å². The number of amides is 3. The van der Waals surface area contributed by atoms with E-state index in [1.165, 1.54) is 29.2 Å². The van der Waals surface area contributed by atoms with Crippen molar-refractivity contribution in [1.29, 1.82) is 0 Å². The molecule has 1 heterocycles. The molecule has 0 saturated carbocycles. The molecule has 3 amide bonds. The van der Waals surface area contributed by atoms with Gasteiger partial charge in [-0.25, -0.2) is 0 Å². The molecular formula is C36H41F3N4O4. The first-order chi connectivity index (χ1) is 22.5. The normalized spacial score (nSPS) is 14.3. The number of rotatable bonds is 12. The van der Waals surface area contributed by atoms with Crippen molar-refractivity contribution in [3.63, 3.8) is 0 Å². The molecule has 1 fully saturated rings. The number of piperazine rings is 1. The quantitative estimate of drug-likeness (QED) is 0.254. The Labute approximate surface area is 274 Å². The molecule has 47 heavy (non-hydrogen) atoms. The summed E-state index contributed by atoms with van der Waals surface area (Å²) < 4.78 is 44.4. The number of hydrogen-bond acceptors (Lipinski definition) is 5. The first kappa shape index (κ1) is 35.2. The number of nitrogens with zero attached hydrogens (tertiary/aromatic N) is 4. The first-order valence-electron chi connectivity index (χ1n) is 15.5. The predicted octanol–water partition coefficient (Wildman–Crippen LogP) is 5.13. The Morgan fingerprint density at radius 1 is 0.894 bits per heavy atom. The van der Waals surface area contributed by atoms with Gasteiger partial charge in [-0.15, -0.1) is 0 Å². The number of hydrogen-bond donors (Lipinski definition) is 0. The number of likely N-dealkylation sites (N-methyl/N-ethyl adjacent to an activating group) is 1. The van der Waals surface area contributed by atoms with E-state index in [2.05, 4.69) is 4.90 Å². The molecule has 11 heteroatoms. The third-order valence-electron chi connectivity index (χ3n) is 8.26. The Kier molecular flexibility index (Phi) is 12.2. The summed E-state index contributed by atoms with van der Waals surface area (Å²) in [6.45, 7) is 5.05. The summed E-state index contributed by atoms with van der Waals surface area (Å²) >= 11 is 0. The molecule has 4 rings (SSSR count). The van der Waals surface area contributed by atoms with Gasteiger partial charge in [-0.1, -0.05) is 54.6 Å². The van der Waals surface area contributed by atoms with Gasteiger partial charge < -0.3 is 24.3 Å². The smallest absolute Gasteiger partial charge is 0.383 e. The lowest BCUT2D eigenvalue weighted by molar-refractivity contribution is -0.143. The summed E-state index contributed by atoms with van der Waals surface area (Å²) in [5.74, 6) is -0.657. The van der Waals surface area contributed by atoms with Gasteiger partial charge in [-0.3, -0.25) is 14.4 Å². The highest BCUT2D eigenvalue weighted by atomic mass is 19.4. The SMILES string of the molecule is COCCN(C)C(=O)[C@H](Cc1ccccc1)N(Cc1ccc(N2CCN(C(C)=O)CC2)cc1)C(=O)/C=C/c1ccc(C(F)(F)F)cc1. The van der Waals surface area contributed by atoms with Crippen LogP contribution in [-0.4, -0.2) is 92.0 Å². The predicted molar refractivity (Wildman–Crippen MR) is 175 cm³/mol. The fraction of sp³-hybridized carbons (Fsp3) is 0.361. The summed E-state index contributed by atoms with van der Waals surface area (Å²) in [6.07, 6.45) is -1.45. The van der Waals surface area contributed by atoms with Gasteiger partial charge >= 0.3 is 6.18 Å². The van der Waals surface area contributed by atoms with Crippen LogP contribution < -0.4 is 4.90 Å². The molecule has 0 radical (unpaired) electrons. The molecule has 1 atom stereocenters. The van der Waals surface area contributed by atoms with Gasteiger partial charge in [-0.05, 0) is 47.0 Å². The van der Waals surface area contributed by atoms with Gasteiger partial charge in [0, 0.05) is 78.5 Å². The molecule has 250 valence electrons. The minimum absolute atomic E-state index is 0.0598. The van der Waals surface area contributed by atoms with Crippen molar-refractivity contribution >= 4 is 29.5 Å². The second-order valence-corrected chi connectivity index (χ2v) is 11.5. The van der Waals surface area contributed by atoms with Crippen LogP contribution in [-0.2, 0) is 38.3 Å². The van der Waals surface area contributed by atoms with Crippen molar-refractivity contribution in [1.82, 2.24) is 14.7 Å². The van der Waals surface area contributed by atoms with Crippen LogP contribution in [0.25, 0.3) is 6.08 Å². The summed E-state index contributed by atoms with van der Waals surface area (Å²) in [7, 11) is 3.22. The van der Waals surface area contributed by atoms with Gasteiger partial charge in [0.2, 0.25) is 17.7 Å². The minimum Gasteiger partial charge on any atom is -0.383 e. The van der Waals surface area contributed by atoms with Crippen molar-refractivity contribution in [2.75, 3.05) is 58.4 Å². The van der Waals surface area contributed by atoms with Crippen LogP contribution in [0, 0.1) is 0 Å². The molecule has 8 nitrogen and oxygen atoms in total. The number of benzene rings is 3. The molecule has 0 spiro atoms. The fourth-order valence-electron chi connectivity index (χ4n) is 5.44. The van der Waals surface area contributed by atoms with Crippen LogP contribution in [0.5, 0.6) is 0 Å². The molecule has 1 aliphatic heterocycles. The Morgan fingerprint density at radius 3 is 2.11 bits per heavy atom. The molecule has 3 aromatic rings. The number of carbonyl (C=O) groups is 3.